The largest absolute Gasteiger partial charge is 0.465 e. The lowest BCUT2D eigenvalue weighted by Crippen LogP contribution is -2.17. The topological polar surface area (TPSA) is 55.6 Å². The molecule has 0 aliphatic carbocycles. The van der Waals surface area contributed by atoms with Crippen molar-refractivity contribution in [3.8, 4) is 0 Å². The maximum absolute atomic E-state index is 11.4. The van der Waals surface area contributed by atoms with Crippen LogP contribution in [0.5, 0.6) is 0 Å². The van der Waals surface area contributed by atoms with Crippen LogP contribution in [0.2, 0.25) is 0 Å². The summed E-state index contributed by atoms with van der Waals surface area (Å²) in [6.45, 7) is 1.66. The van der Waals surface area contributed by atoms with Crippen LogP contribution in [0.4, 0.5) is 5.69 Å². The molecule has 0 amide bonds. The fraction of sp³-hybridized carbons (Fsp3) is 0.235. The Hall–Kier alpha value is -2.33. The highest BCUT2D eigenvalue weighted by atomic mass is 16.5. The summed E-state index contributed by atoms with van der Waals surface area (Å²) >= 11 is 0. The highest BCUT2D eigenvalue weighted by Crippen LogP contribution is 2.11. The first-order valence-corrected chi connectivity index (χ1v) is 6.78. The molecule has 0 unspecified atom stereocenters. The van der Waals surface area contributed by atoms with Crippen LogP contribution in [0.25, 0.3) is 0 Å². The van der Waals surface area contributed by atoms with Gasteiger partial charge in [-0.15, -0.1) is 0 Å². The first-order chi connectivity index (χ1) is 10.1. The Bertz CT molecular complexity index is 591. The van der Waals surface area contributed by atoms with E-state index in [2.05, 4.69) is 16.7 Å². The Kier molecular flexibility index (Phi) is 4.95. The van der Waals surface area contributed by atoms with Gasteiger partial charge >= 0.3 is 5.97 Å². The minimum absolute atomic E-state index is 0.309. The zero-order chi connectivity index (χ0) is 15.2. The number of nitrogens with two attached hydrogens (primary N) is 1. The number of hydrogen-bond donors (Lipinski definition) is 1. The highest BCUT2D eigenvalue weighted by Gasteiger charge is 2.06. The van der Waals surface area contributed by atoms with Crippen molar-refractivity contribution < 1.29 is 9.53 Å². The standard InChI is InChI=1S/C17H20N2O2/c1-19(12-14-5-9-16(18)10-6-14)11-13-3-7-15(8-4-13)17(20)21-2/h3-10H,11-12,18H2,1-2H3. The molecule has 110 valence electrons. The second kappa shape index (κ2) is 6.90. The van der Waals surface area contributed by atoms with Gasteiger partial charge in [0.2, 0.25) is 0 Å². The van der Waals surface area contributed by atoms with Crippen molar-refractivity contribution in [1.82, 2.24) is 4.90 Å². The molecule has 2 N–H and O–H groups in total. The third-order valence-corrected chi connectivity index (χ3v) is 3.26. The number of benzene rings is 2. The Morgan fingerprint density at radius 2 is 1.48 bits per heavy atom. The van der Waals surface area contributed by atoms with Crippen LogP contribution in [-0.4, -0.2) is 25.0 Å². The van der Waals surface area contributed by atoms with Gasteiger partial charge in [-0.25, -0.2) is 4.79 Å². The lowest BCUT2D eigenvalue weighted by molar-refractivity contribution is 0.0600. The molecular weight excluding hydrogens is 264 g/mol. The Morgan fingerprint density at radius 1 is 1.00 bits per heavy atom. The Morgan fingerprint density at radius 3 is 1.95 bits per heavy atom. The van der Waals surface area contributed by atoms with Gasteiger partial charge in [0.25, 0.3) is 0 Å². The maximum atomic E-state index is 11.4. The summed E-state index contributed by atoms with van der Waals surface area (Å²) in [5, 5.41) is 0. The van der Waals surface area contributed by atoms with Gasteiger partial charge in [-0.3, -0.25) is 4.90 Å². The molecule has 0 atom stereocenters. The van der Waals surface area contributed by atoms with Crippen molar-refractivity contribution in [3.63, 3.8) is 0 Å². The predicted molar refractivity (Wildman–Crippen MR) is 83.8 cm³/mol. The van der Waals surface area contributed by atoms with E-state index < -0.39 is 0 Å². The molecule has 0 saturated carbocycles. The lowest BCUT2D eigenvalue weighted by Gasteiger charge is -2.17. The number of anilines is 1. The van der Waals surface area contributed by atoms with Gasteiger partial charge in [-0.2, -0.15) is 0 Å². The van der Waals surface area contributed by atoms with Crippen molar-refractivity contribution >= 4 is 11.7 Å². The molecule has 21 heavy (non-hydrogen) atoms. The van der Waals surface area contributed by atoms with E-state index in [1.54, 1.807) is 12.1 Å². The van der Waals surface area contributed by atoms with Crippen LogP contribution in [0.3, 0.4) is 0 Å². The average Bonchev–Trinajstić information content (AvgIpc) is 2.49. The molecule has 0 fully saturated rings. The van der Waals surface area contributed by atoms with Crippen molar-refractivity contribution in [2.24, 2.45) is 0 Å². The molecule has 0 saturated heterocycles. The Balaban J connectivity index is 1.94. The van der Waals surface area contributed by atoms with Crippen molar-refractivity contribution in [3.05, 3.63) is 65.2 Å². The highest BCUT2D eigenvalue weighted by molar-refractivity contribution is 5.89. The van der Waals surface area contributed by atoms with Crippen LogP contribution in [0.15, 0.2) is 48.5 Å². The fourth-order valence-corrected chi connectivity index (χ4v) is 2.17. The maximum Gasteiger partial charge on any atom is 0.337 e. The summed E-state index contributed by atoms with van der Waals surface area (Å²) in [4.78, 5) is 13.6. The van der Waals surface area contributed by atoms with Gasteiger partial charge in [0, 0.05) is 18.8 Å². The third-order valence-electron chi connectivity index (χ3n) is 3.26. The SMILES string of the molecule is COC(=O)c1ccc(CN(C)Cc2ccc(N)cc2)cc1. The molecule has 4 nitrogen and oxygen atoms in total. The molecule has 0 aliphatic heterocycles. The van der Waals surface area contributed by atoms with E-state index in [1.165, 1.54) is 12.7 Å². The minimum atomic E-state index is -0.309. The van der Waals surface area contributed by atoms with Gasteiger partial charge in [0.15, 0.2) is 0 Å². The number of methoxy groups -OCH3 is 1. The fourth-order valence-electron chi connectivity index (χ4n) is 2.17. The molecule has 2 aromatic rings. The van der Waals surface area contributed by atoms with Crippen LogP contribution in [0, 0.1) is 0 Å². The van der Waals surface area contributed by atoms with E-state index in [4.69, 9.17) is 5.73 Å². The molecule has 0 heterocycles. The first kappa shape index (κ1) is 15.1. The lowest BCUT2D eigenvalue weighted by atomic mass is 10.1. The Labute approximate surface area is 125 Å². The summed E-state index contributed by atoms with van der Waals surface area (Å²) in [5.74, 6) is -0.309. The predicted octanol–water partition coefficient (Wildman–Crippen LogP) is 2.69. The summed E-state index contributed by atoms with van der Waals surface area (Å²) in [7, 11) is 3.45. The first-order valence-electron chi connectivity index (χ1n) is 6.78. The quantitative estimate of drug-likeness (QED) is 0.677. The second-order valence-corrected chi connectivity index (χ2v) is 5.10. The van der Waals surface area contributed by atoms with Gasteiger partial charge < -0.3 is 10.5 Å². The van der Waals surface area contributed by atoms with Crippen LogP contribution in [-0.2, 0) is 17.8 Å². The number of nitrogen functional groups attached to an aromatic ring is 1. The minimum Gasteiger partial charge on any atom is -0.465 e. The summed E-state index contributed by atoms with van der Waals surface area (Å²) < 4.78 is 4.69. The molecule has 2 aromatic carbocycles. The molecule has 0 spiro atoms. The number of carbonyl (C=O) groups is 1. The van der Waals surface area contributed by atoms with Crippen LogP contribution in [0.1, 0.15) is 21.5 Å². The van der Waals surface area contributed by atoms with E-state index in [-0.39, 0.29) is 5.97 Å². The number of carbonyl (C=O) groups excluding carboxylic acids is 1. The van der Waals surface area contributed by atoms with Gasteiger partial charge in [0.05, 0.1) is 12.7 Å². The molecule has 0 radical (unpaired) electrons. The molecule has 2 rings (SSSR count). The molecule has 0 bridgehead atoms. The van der Waals surface area contributed by atoms with E-state index in [1.807, 2.05) is 36.4 Å². The second-order valence-electron chi connectivity index (χ2n) is 5.10. The third kappa shape index (κ3) is 4.33. The number of rotatable bonds is 5. The normalized spacial score (nSPS) is 10.6. The van der Waals surface area contributed by atoms with E-state index >= 15 is 0 Å². The number of nitrogens with zero attached hydrogens (tertiary/aromatic N) is 1. The van der Waals surface area contributed by atoms with Gasteiger partial charge in [-0.1, -0.05) is 24.3 Å². The van der Waals surface area contributed by atoms with E-state index in [0.29, 0.717) is 5.56 Å². The zero-order valence-electron chi connectivity index (χ0n) is 12.4. The number of esters is 1. The van der Waals surface area contributed by atoms with Crippen LogP contribution < -0.4 is 5.73 Å². The number of hydrogen-bond acceptors (Lipinski definition) is 4. The van der Waals surface area contributed by atoms with E-state index in [9.17, 15) is 4.79 Å². The summed E-state index contributed by atoms with van der Waals surface area (Å²) in [6, 6.07) is 15.4. The van der Waals surface area contributed by atoms with Gasteiger partial charge in [0.1, 0.15) is 0 Å². The molecule has 0 aliphatic rings. The monoisotopic (exact) mass is 284 g/mol. The number of ether oxygens (including phenoxy) is 1. The van der Waals surface area contributed by atoms with E-state index in [0.717, 1.165) is 24.3 Å². The molecular formula is C17H20N2O2. The van der Waals surface area contributed by atoms with Crippen molar-refractivity contribution in [2.45, 2.75) is 13.1 Å². The smallest absolute Gasteiger partial charge is 0.337 e. The average molecular weight is 284 g/mol. The zero-order valence-corrected chi connectivity index (χ0v) is 12.4. The molecule has 4 heteroatoms. The van der Waals surface area contributed by atoms with Gasteiger partial charge in [-0.05, 0) is 42.4 Å². The molecule has 0 aromatic heterocycles. The summed E-state index contributed by atoms with van der Waals surface area (Å²) in [6.07, 6.45) is 0. The van der Waals surface area contributed by atoms with Crippen molar-refractivity contribution in [1.29, 1.82) is 0 Å². The van der Waals surface area contributed by atoms with Crippen molar-refractivity contribution in [2.75, 3.05) is 19.9 Å². The van der Waals surface area contributed by atoms with Crippen LogP contribution >= 0.6 is 0 Å². The summed E-state index contributed by atoms with van der Waals surface area (Å²) in [5.41, 5.74) is 9.40.